The Morgan fingerprint density at radius 2 is 1.97 bits per heavy atom. The average molecular weight is 417 g/mol. The smallest absolute Gasteiger partial charge is 0.300 e. The van der Waals surface area contributed by atoms with Gasteiger partial charge in [0.25, 0.3) is 11.7 Å². The van der Waals surface area contributed by atoms with E-state index in [1.165, 1.54) is 18.3 Å². The normalized spacial score (nSPS) is 19.4. The first-order valence-electron chi connectivity index (χ1n) is 9.83. The number of fused-ring (bicyclic) bond motifs is 1. The lowest BCUT2D eigenvalue weighted by molar-refractivity contribution is -0.132. The molecular formula is C24H19NO6. The van der Waals surface area contributed by atoms with Crippen molar-refractivity contribution in [2.45, 2.75) is 12.5 Å². The van der Waals surface area contributed by atoms with Crippen molar-refractivity contribution in [2.75, 3.05) is 18.6 Å². The number of amides is 1. The standard InChI is InChI=1S/C24H19NO6/c1-29-18-6-3-2-5-16(18)25-21(19-7-4-11-30-19)20(23(27)24(25)28)22(26)15-8-9-17-14(13-15)10-12-31-17/h2-9,11,13,21,26H,10,12H2,1H3/b22-20-. The van der Waals surface area contributed by atoms with Crippen molar-refractivity contribution in [2.24, 2.45) is 0 Å². The summed E-state index contributed by atoms with van der Waals surface area (Å²) in [5.74, 6) is -0.272. The highest BCUT2D eigenvalue weighted by atomic mass is 16.5. The molecule has 2 aliphatic rings. The number of furan rings is 1. The minimum absolute atomic E-state index is 0.0373. The predicted molar refractivity (Wildman–Crippen MR) is 112 cm³/mol. The molecule has 0 saturated carbocycles. The summed E-state index contributed by atoms with van der Waals surface area (Å²) >= 11 is 0. The number of nitrogens with zero attached hydrogens (tertiary/aromatic N) is 1. The van der Waals surface area contributed by atoms with Gasteiger partial charge in [0, 0.05) is 12.0 Å². The molecule has 1 N–H and O–H groups in total. The highest BCUT2D eigenvalue weighted by Crippen LogP contribution is 2.45. The molecule has 1 amide bonds. The Balaban J connectivity index is 1.70. The summed E-state index contributed by atoms with van der Waals surface area (Å²) in [6.07, 6.45) is 2.18. The van der Waals surface area contributed by atoms with Crippen LogP contribution >= 0.6 is 0 Å². The number of ether oxygens (including phenoxy) is 2. The zero-order valence-corrected chi connectivity index (χ0v) is 16.7. The summed E-state index contributed by atoms with van der Waals surface area (Å²) in [6, 6.07) is 14.5. The largest absolute Gasteiger partial charge is 0.507 e. The molecule has 0 radical (unpaired) electrons. The lowest BCUT2D eigenvalue weighted by atomic mass is 9.97. The minimum Gasteiger partial charge on any atom is -0.507 e. The van der Waals surface area contributed by atoms with Gasteiger partial charge in [-0.25, -0.2) is 0 Å². The number of methoxy groups -OCH3 is 1. The molecule has 2 aliphatic heterocycles. The quantitative estimate of drug-likeness (QED) is 0.394. The number of anilines is 1. The van der Waals surface area contributed by atoms with Gasteiger partial charge in [-0.3, -0.25) is 14.5 Å². The third kappa shape index (κ3) is 2.97. The van der Waals surface area contributed by atoms with Crippen LogP contribution in [0.3, 0.4) is 0 Å². The van der Waals surface area contributed by atoms with Crippen molar-refractivity contribution in [3.63, 3.8) is 0 Å². The van der Waals surface area contributed by atoms with Gasteiger partial charge in [0.15, 0.2) is 0 Å². The van der Waals surface area contributed by atoms with E-state index in [9.17, 15) is 14.7 Å². The second-order valence-corrected chi connectivity index (χ2v) is 7.28. The van der Waals surface area contributed by atoms with Crippen molar-refractivity contribution in [1.29, 1.82) is 0 Å². The molecule has 1 unspecified atom stereocenters. The fourth-order valence-electron chi connectivity index (χ4n) is 4.12. The van der Waals surface area contributed by atoms with E-state index >= 15 is 0 Å². The molecule has 0 spiro atoms. The number of carbonyl (C=O) groups excluding carboxylic acids is 2. The van der Waals surface area contributed by atoms with Crippen molar-refractivity contribution >= 4 is 23.1 Å². The van der Waals surface area contributed by atoms with Crippen LogP contribution in [0.15, 0.2) is 70.9 Å². The van der Waals surface area contributed by atoms with Crippen LogP contribution < -0.4 is 14.4 Å². The van der Waals surface area contributed by atoms with E-state index < -0.39 is 17.7 Å². The second-order valence-electron chi connectivity index (χ2n) is 7.28. The van der Waals surface area contributed by atoms with Crippen molar-refractivity contribution < 1.29 is 28.6 Å². The number of benzene rings is 2. The summed E-state index contributed by atoms with van der Waals surface area (Å²) < 4.78 is 16.5. The van der Waals surface area contributed by atoms with E-state index in [0.29, 0.717) is 35.8 Å². The SMILES string of the molecule is COc1ccccc1N1C(=O)C(=O)/C(=C(\O)c2ccc3c(c2)CCO3)C1c1ccco1. The predicted octanol–water partition coefficient (Wildman–Crippen LogP) is 3.85. The molecule has 1 aromatic heterocycles. The maximum atomic E-state index is 13.1. The third-order valence-electron chi connectivity index (χ3n) is 5.56. The zero-order chi connectivity index (χ0) is 21.5. The van der Waals surface area contributed by atoms with Gasteiger partial charge in [-0.05, 0) is 48.0 Å². The number of ketones is 1. The monoisotopic (exact) mass is 417 g/mol. The van der Waals surface area contributed by atoms with E-state index in [-0.39, 0.29) is 11.3 Å². The highest BCUT2D eigenvalue weighted by Gasteiger charge is 2.49. The summed E-state index contributed by atoms with van der Waals surface area (Å²) in [7, 11) is 1.49. The number of para-hydroxylation sites is 2. The first-order valence-corrected chi connectivity index (χ1v) is 9.83. The van der Waals surface area contributed by atoms with E-state index in [2.05, 4.69) is 0 Å². The van der Waals surface area contributed by atoms with Crippen LogP contribution in [0.25, 0.3) is 5.76 Å². The Morgan fingerprint density at radius 1 is 1.13 bits per heavy atom. The molecule has 7 heteroatoms. The summed E-state index contributed by atoms with van der Waals surface area (Å²) in [5, 5.41) is 11.2. The van der Waals surface area contributed by atoms with Crippen molar-refractivity contribution in [1.82, 2.24) is 0 Å². The topological polar surface area (TPSA) is 89.2 Å². The van der Waals surface area contributed by atoms with Gasteiger partial charge in [-0.2, -0.15) is 0 Å². The molecule has 0 bridgehead atoms. The van der Waals surface area contributed by atoms with E-state index in [4.69, 9.17) is 13.9 Å². The molecule has 1 saturated heterocycles. The van der Waals surface area contributed by atoms with Crippen LogP contribution in [0.5, 0.6) is 11.5 Å². The average Bonchev–Trinajstić information content (AvgIpc) is 3.53. The number of hydrogen-bond acceptors (Lipinski definition) is 6. The van der Waals surface area contributed by atoms with E-state index in [0.717, 1.165) is 11.3 Å². The fraction of sp³-hybridized carbons (Fsp3) is 0.167. The molecule has 3 aromatic rings. The van der Waals surface area contributed by atoms with Crippen LogP contribution in [0.2, 0.25) is 0 Å². The molecule has 31 heavy (non-hydrogen) atoms. The van der Waals surface area contributed by atoms with Crippen LogP contribution in [0.1, 0.15) is 22.9 Å². The number of hydrogen-bond donors (Lipinski definition) is 1. The van der Waals surface area contributed by atoms with Gasteiger partial charge < -0.3 is 19.0 Å². The molecule has 0 aliphatic carbocycles. The van der Waals surface area contributed by atoms with Gasteiger partial charge in [-0.15, -0.1) is 0 Å². The first kappa shape index (κ1) is 19.0. The van der Waals surface area contributed by atoms with Crippen LogP contribution in [-0.2, 0) is 16.0 Å². The summed E-state index contributed by atoms with van der Waals surface area (Å²) in [4.78, 5) is 27.6. The lowest BCUT2D eigenvalue weighted by Crippen LogP contribution is -2.29. The zero-order valence-electron chi connectivity index (χ0n) is 16.7. The van der Waals surface area contributed by atoms with Crippen LogP contribution in [0, 0.1) is 0 Å². The highest BCUT2D eigenvalue weighted by molar-refractivity contribution is 6.51. The molecule has 1 fully saturated rings. The van der Waals surface area contributed by atoms with Gasteiger partial charge >= 0.3 is 0 Å². The molecule has 156 valence electrons. The number of carbonyl (C=O) groups is 2. The van der Waals surface area contributed by atoms with E-state index in [1.807, 2.05) is 0 Å². The van der Waals surface area contributed by atoms with Crippen molar-refractivity contribution in [3.05, 3.63) is 83.3 Å². The molecule has 1 atom stereocenters. The Hall–Kier alpha value is -4.00. The van der Waals surface area contributed by atoms with Crippen LogP contribution in [0.4, 0.5) is 5.69 Å². The molecule has 3 heterocycles. The maximum Gasteiger partial charge on any atom is 0.300 e. The Morgan fingerprint density at radius 3 is 2.74 bits per heavy atom. The van der Waals surface area contributed by atoms with Gasteiger partial charge in [-0.1, -0.05) is 12.1 Å². The summed E-state index contributed by atoms with van der Waals surface area (Å²) in [5.41, 5.74) is 1.76. The molecule has 2 aromatic carbocycles. The number of aliphatic hydroxyl groups is 1. The number of rotatable bonds is 4. The Labute approximate surface area is 178 Å². The Bertz CT molecular complexity index is 1210. The number of Topliss-reactive ketones (excluding diaryl/α,β-unsaturated/α-hetero) is 1. The Kier molecular flexibility index (Phi) is 4.51. The lowest BCUT2D eigenvalue weighted by Gasteiger charge is -2.24. The molecule has 5 rings (SSSR count). The summed E-state index contributed by atoms with van der Waals surface area (Å²) in [6.45, 7) is 0.574. The third-order valence-corrected chi connectivity index (χ3v) is 5.56. The van der Waals surface area contributed by atoms with Crippen molar-refractivity contribution in [3.8, 4) is 11.5 Å². The van der Waals surface area contributed by atoms with Gasteiger partial charge in [0.05, 0.1) is 31.2 Å². The number of aliphatic hydroxyl groups excluding tert-OH is 1. The fourth-order valence-corrected chi connectivity index (χ4v) is 4.12. The van der Waals surface area contributed by atoms with Crippen LogP contribution in [-0.4, -0.2) is 30.5 Å². The molecule has 7 nitrogen and oxygen atoms in total. The van der Waals surface area contributed by atoms with E-state index in [1.54, 1.807) is 54.6 Å². The van der Waals surface area contributed by atoms with Gasteiger partial charge in [0.1, 0.15) is 29.1 Å². The first-order chi connectivity index (χ1) is 15.1. The minimum atomic E-state index is -0.934. The second kappa shape index (κ2) is 7.36. The molecular weight excluding hydrogens is 398 g/mol. The maximum absolute atomic E-state index is 13.1. The van der Waals surface area contributed by atoms with Gasteiger partial charge in [0.2, 0.25) is 0 Å².